The second-order valence-corrected chi connectivity index (χ2v) is 8.50. The molecule has 4 nitrogen and oxygen atoms in total. The fraction of sp³-hybridized carbons (Fsp3) is 0.882. The Labute approximate surface area is 148 Å². The molecular formula is C17H30O4S2. The molecule has 0 saturated heterocycles. The molecule has 0 radical (unpaired) electrons. The van der Waals surface area contributed by atoms with Crippen LogP contribution >= 0.6 is 23.5 Å². The van der Waals surface area contributed by atoms with Crippen LogP contribution in [0.15, 0.2) is 0 Å². The van der Waals surface area contributed by atoms with Crippen molar-refractivity contribution < 1.29 is 19.1 Å². The average molecular weight is 363 g/mol. The van der Waals surface area contributed by atoms with E-state index in [4.69, 9.17) is 9.47 Å². The third kappa shape index (κ3) is 7.84. The van der Waals surface area contributed by atoms with Crippen molar-refractivity contribution in [3.8, 4) is 0 Å². The predicted octanol–water partition coefficient (Wildman–Crippen LogP) is 3.92. The lowest BCUT2D eigenvalue weighted by Gasteiger charge is -2.38. The molecule has 134 valence electrons. The van der Waals surface area contributed by atoms with Gasteiger partial charge in [-0.1, -0.05) is 0 Å². The Morgan fingerprint density at radius 2 is 1.48 bits per heavy atom. The van der Waals surface area contributed by atoms with Crippen molar-refractivity contribution in [1.82, 2.24) is 0 Å². The smallest absolute Gasteiger partial charge is 0.307 e. The third-order valence-electron chi connectivity index (χ3n) is 4.35. The van der Waals surface area contributed by atoms with E-state index in [2.05, 4.69) is 0 Å². The van der Waals surface area contributed by atoms with E-state index in [1.54, 1.807) is 23.5 Å². The summed E-state index contributed by atoms with van der Waals surface area (Å²) in [5.41, 5.74) is -0.441. The summed E-state index contributed by atoms with van der Waals surface area (Å²) in [5, 5.41) is 0. The van der Waals surface area contributed by atoms with Gasteiger partial charge in [-0.05, 0) is 58.0 Å². The third-order valence-corrected chi connectivity index (χ3v) is 5.58. The summed E-state index contributed by atoms with van der Waals surface area (Å²) >= 11 is 3.31. The standard InChI is InChI=1S/C17H30O4S2/c1-17(2,21-16(19)10-12-23-4)13-5-7-14(8-6-13)20-15(18)9-11-22-3/h13-14H,5-12H2,1-4H3. The van der Waals surface area contributed by atoms with Crippen LogP contribution in [0.2, 0.25) is 0 Å². The Hall–Kier alpha value is -0.360. The minimum Gasteiger partial charge on any atom is -0.462 e. The van der Waals surface area contributed by atoms with Gasteiger partial charge in [0, 0.05) is 11.5 Å². The normalized spacial score (nSPS) is 21.7. The van der Waals surface area contributed by atoms with Gasteiger partial charge in [-0.2, -0.15) is 23.5 Å². The molecule has 1 saturated carbocycles. The highest BCUT2D eigenvalue weighted by molar-refractivity contribution is 7.98. The van der Waals surface area contributed by atoms with Gasteiger partial charge in [-0.25, -0.2) is 0 Å². The summed E-state index contributed by atoms with van der Waals surface area (Å²) in [6.07, 6.45) is 8.55. The van der Waals surface area contributed by atoms with Gasteiger partial charge in [-0.3, -0.25) is 9.59 Å². The molecule has 6 heteroatoms. The SMILES string of the molecule is CSCCC(=O)OC1CCC(C(C)(C)OC(=O)CCSC)CC1. The van der Waals surface area contributed by atoms with Crippen LogP contribution in [-0.2, 0) is 19.1 Å². The maximum atomic E-state index is 11.9. The molecule has 1 aliphatic rings. The van der Waals surface area contributed by atoms with Crippen LogP contribution in [0.25, 0.3) is 0 Å². The molecule has 0 N–H and O–H groups in total. The van der Waals surface area contributed by atoms with E-state index in [0.717, 1.165) is 37.2 Å². The zero-order chi connectivity index (χ0) is 17.3. The van der Waals surface area contributed by atoms with Crippen molar-refractivity contribution >= 4 is 35.5 Å². The molecular weight excluding hydrogens is 332 g/mol. The Kier molecular flexibility index (Phi) is 9.44. The number of carbonyl (C=O) groups excluding carboxylic acids is 2. The van der Waals surface area contributed by atoms with E-state index in [1.807, 2.05) is 26.4 Å². The number of rotatable bonds is 9. The summed E-state index contributed by atoms with van der Waals surface area (Å²) < 4.78 is 11.2. The van der Waals surface area contributed by atoms with E-state index < -0.39 is 5.60 Å². The first-order valence-electron chi connectivity index (χ1n) is 8.28. The quantitative estimate of drug-likeness (QED) is 0.580. The highest BCUT2D eigenvalue weighted by atomic mass is 32.2. The number of hydrogen-bond acceptors (Lipinski definition) is 6. The van der Waals surface area contributed by atoms with Crippen molar-refractivity contribution in [2.75, 3.05) is 24.0 Å². The van der Waals surface area contributed by atoms with E-state index in [0.29, 0.717) is 18.8 Å². The van der Waals surface area contributed by atoms with Crippen LogP contribution < -0.4 is 0 Å². The summed E-state index contributed by atoms with van der Waals surface area (Å²) in [6, 6.07) is 0. The van der Waals surface area contributed by atoms with Gasteiger partial charge in [-0.15, -0.1) is 0 Å². The summed E-state index contributed by atoms with van der Waals surface area (Å²) in [5.74, 6) is 1.74. The summed E-state index contributed by atoms with van der Waals surface area (Å²) in [6.45, 7) is 4.00. The number of thioether (sulfide) groups is 2. The molecule has 0 spiro atoms. The molecule has 1 aliphatic carbocycles. The monoisotopic (exact) mass is 362 g/mol. The van der Waals surface area contributed by atoms with Gasteiger partial charge in [0.25, 0.3) is 0 Å². The minimum absolute atomic E-state index is 0.0311. The van der Waals surface area contributed by atoms with Crippen LogP contribution in [-0.4, -0.2) is 47.7 Å². The van der Waals surface area contributed by atoms with Crippen molar-refractivity contribution in [3.05, 3.63) is 0 Å². The van der Waals surface area contributed by atoms with Crippen molar-refractivity contribution in [1.29, 1.82) is 0 Å². The minimum atomic E-state index is -0.441. The molecule has 0 aromatic heterocycles. The maximum absolute atomic E-state index is 11.9. The Bertz CT molecular complexity index is 377. The first-order valence-corrected chi connectivity index (χ1v) is 11.1. The van der Waals surface area contributed by atoms with E-state index in [9.17, 15) is 9.59 Å². The molecule has 0 unspecified atom stereocenters. The molecule has 0 aliphatic heterocycles. The first-order chi connectivity index (χ1) is 10.9. The van der Waals surface area contributed by atoms with Gasteiger partial charge in [0.1, 0.15) is 11.7 Å². The highest BCUT2D eigenvalue weighted by Crippen LogP contribution is 2.36. The van der Waals surface area contributed by atoms with Crippen LogP contribution in [0.4, 0.5) is 0 Å². The van der Waals surface area contributed by atoms with Gasteiger partial charge in [0.15, 0.2) is 0 Å². The second-order valence-electron chi connectivity index (χ2n) is 6.53. The Morgan fingerprint density at radius 3 is 2.00 bits per heavy atom. The molecule has 0 atom stereocenters. The van der Waals surface area contributed by atoms with Gasteiger partial charge < -0.3 is 9.47 Å². The number of ether oxygens (including phenoxy) is 2. The molecule has 23 heavy (non-hydrogen) atoms. The van der Waals surface area contributed by atoms with E-state index >= 15 is 0 Å². The zero-order valence-electron chi connectivity index (χ0n) is 14.8. The molecule has 0 bridgehead atoms. The molecule has 1 rings (SSSR count). The highest BCUT2D eigenvalue weighted by Gasteiger charge is 2.36. The van der Waals surface area contributed by atoms with Gasteiger partial charge in [0.2, 0.25) is 0 Å². The molecule has 0 heterocycles. The molecule has 0 aromatic carbocycles. The first kappa shape index (κ1) is 20.7. The van der Waals surface area contributed by atoms with E-state index in [-0.39, 0.29) is 18.0 Å². The predicted molar refractivity (Wildman–Crippen MR) is 98.0 cm³/mol. The van der Waals surface area contributed by atoms with Crippen molar-refractivity contribution in [3.63, 3.8) is 0 Å². The lowest BCUT2D eigenvalue weighted by Crippen LogP contribution is -2.40. The lowest BCUT2D eigenvalue weighted by molar-refractivity contribution is -0.164. The fourth-order valence-electron chi connectivity index (χ4n) is 2.92. The fourth-order valence-corrected chi connectivity index (χ4v) is 3.66. The van der Waals surface area contributed by atoms with Crippen LogP contribution in [0, 0.1) is 5.92 Å². The number of esters is 2. The van der Waals surface area contributed by atoms with E-state index in [1.165, 1.54) is 0 Å². The lowest BCUT2D eigenvalue weighted by atomic mass is 9.77. The Morgan fingerprint density at radius 1 is 0.957 bits per heavy atom. The zero-order valence-corrected chi connectivity index (χ0v) is 16.4. The largest absolute Gasteiger partial charge is 0.462 e. The van der Waals surface area contributed by atoms with Crippen LogP contribution in [0.1, 0.15) is 52.4 Å². The van der Waals surface area contributed by atoms with Gasteiger partial charge in [0.05, 0.1) is 12.8 Å². The number of hydrogen-bond donors (Lipinski definition) is 0. The second kappa shape index (κ2) is 10.5. The van der Waals surface area contributed by atoms with Crippen molar-refractivity contribution in [2.24, 2.45) is 5.92 Å². The van der Waals surface area contributed by atoms with Gasteiger partial charge >= 0.3 is 11.9 Å². The van der Waals surface area contributed by atoms with Crippen LogP contribution in [0.5, 0.6) is 0 Å². The van der Waals surface area contributed by atoms with Crippen LogP contribution in [0.3, 0.4) is 0 Å². The average Bonchev–Trinajstić information content (AvgIpc) is 2.51. The summed E-state index contributed by atoms with van der Waals surface area (Å²) in [4.78, 5) is 23.6. The molecule has 1 fully saturated rings. The number of carbonyl (C=O) groups is 2. The van der Waals surface area contributed by atoms with Crippen molar-refractivity contribution in [2.45, 2.75) is 64.1 Å². The maximum Gasteiger partial charge on any atom is 0.307 e. The topological polar surface area (TPSA) is 52.6 Å². The molecule has 0 aromatic rings. The summed E-state index contributed by atoms with van der Waals surface area (Å²) in [7, 11) is 0. The molecule has 0 amide bonds. The Balaban J connectivity index is 2.36.